The number of nitrogens with zero attached hydrogens (tertiary/aromatic N) is 4. The van der Waals surface area contributed by atoms with Gasteiger partial charge in [-0.05, 0) is 69.5 Å². The molecule has 0 aliphatic heterocycles. The molecule has 0 radical (unpaired) electrons. The molecule has 0 aliphatic carbocycles. The van der Waals surface area contributed by atoms with Crippen molar-refractivity contribution in [1.82, 2.24) is 20.4 Å². The van der Waals surface area contributed by atoms with E-state index in [1.54, 1.807) is 0 Å². The molecule has 37 heavy (non-hydrogen) atoms. The van der Waals surface area contributed by atoms with Crippen LogP contribution in [-0.2, 0) is 11.2 Å². The van der Waals surface area contributed by atoms with Crippen LogP contribution in [0.25, 0.3) is 22.8 Å². The van der Waals surface area contributed by atoms with Gasteiger partial charge >= 0.3 is 0 Å². The number of benzene rings is 1. The second-order valence-electron chi connectivity index (χ2n) is 9.44. The van der Waals surface area contributed by atoms with E-state index in [1.807, 2.05) is 45.2 Å². The number of aromatic nitrogens is 3. The zero-order valence-electron chi connectivity index (χ0n) is 22.4. The summed E-state index contributed by atoms with van der Waals surface area (Å²) in [7, 11) is 2.00. The second-order valence-corrected chi connectivity index (χ2v) is 9.44. The molecule has 10 nitrogen and oxygen atoms in total. The molecule has 0 saturated heterocycles. The maximum absolute atomic E-state index is 11.2. The number of aryl methyl sites for hydroxylation is 3. The Kier molecular flexibility index (Phi) is 9.60. The largest absolute Gasteiger partial charge is 0.490 e. The van der Waals surface area contributed by atoms with Gasteiger partial charge < -0.3 is 29.7 Å². The second kappa shape index (κ2) is 12.6. The van der Waals surface area contributed by atoms with Crippen LogP contribution in [0.15, 0.2) is 28.8 Å². The number of pyridine rings is 1. The lowest BCUT2D eigenvalue weighted by molar-refractivity contribution is -0.124. The summed E-state index contributed by atoms with van der Waals surface area (Å²) in [5.41, 5.74) is 4.32. The third-order valence-corrected chi connectivity index (χ3v) is 5.98. The molecule has 3 aromatic rings. The molecule has 0 spiro atoms. The number of rotatable bonds is 12. The van der Waals surface area contributed by atoms with Crippen molar-refractivity contribution in [3.63, 3.8) is 0 Å². The highest BCUT2D eigenvalue weighted by Crippen LogP contribution is 2.32. The Balaban J connectivity index is 1.84. The standard InChI is InChI=1S/C27H37N5O5/c1-7-8-19-11-20(9-17(4)25(19)36-15-22(34)13-28-24(35)14-33)26-30-27(37-31-26)21-10-18(5)29-23(12-21)32(6)16(2)3/h9-12,16,22,33-34H,7-8,13-15H2,1-6H3,(H,28,35)/t22-/m1/s1. The van der Waals surface area contributed by atoms with Crippen LogP contribution in [0.1, 0.15) is 44.0 Å². The van der Waals surface area contributed by atoms with Crippen molar-refractivity contribution in [3.05, 3.63) is 41.1 Å². The number of ether oxygens (including phenoxy) is 1. The molecule has 1 aromatic carbocycles. The van der Waals surface area contributed by atoms with Gasteiger partial charge in [0.15, 0.2) is 0 Å². The van der Waals surface area contributed by atoms with E-state index in [0.29, 0.717) is 23.5 Å². The Morgan fingerprint density at radius 2 is 1.92 bits per heavy atom. The summed E-state index contributed by atoms with van der Waals surface area (Å²) in [6.07, 6.45) is 0.752. The van der Waals surface area contributed by atoms with Crippen LogP contribution in [0.5, 0.6) is 5.75 Å². The summed E-state index contributed by atoms with van der Waals surface area (Å²) < 4.78 is 11.6. The highest BCUT2D eigenvalue weighted by atomic mass is 16.5. The lowest BCUT2D eigenvalue weighted by Gasteiger charge is -2.23. The normalized spacial score (nSPS) is 12.0. The predicted molar refractivity (Wildman–Crippen MR) is 142 cm³/mol. The van der Waals surface area contributed by atoms with Gasteiger partial charge in [0, 0.05) is 36.5 Å². The van der Waals surface area contributed by atoms with Gasteiger partial charge in [-0.15, -0.1) is 0 Å². The van der Waals surface area contributed by atoms with Crippen molar-refractivity contribution >= 4 is 11.7 Å². The number of aliphatic hydroxyl groups is 2. The third kappa shape index (κ3) is 7.27. The molecular weight excluding hydrogens is 474 g/mol. The molecule has 0 aliphatic rings. The van der Waals surface area contributed by atoms with E-state index in [2.05, 4.69) is 46.1 Å². The van der Waals surface area contributed by atoms with Gasteiger partial charge in [-0.1, -0.05) is 18.5 Å². The van der Waals surface area contributed by atoms with Gasteiger partial charge in [0.05, 0.1) is 0 Å². The van der Waals surface area contributed by atoms with E-state index < -0.39 is 18.6 Å². The number of amides is 1. The highest BCUT2D eigenvalue weighted by Gasteiger charge is 2.18. The SMILES string of the molecule is CCCc1cc(-c2noc(-c3cc(C)nc(N(C)C(C)C)c3)n2)cc(C)c1OC[C@H](O)CNC(=O)CO. The molecule has 1 atom stereocenters. The summed E-state index contributed by atoms with van der Waals surface area (Å²) in [5.74, 6) is 1.87. The number of hydrogen-bond acceptors (Lipinski definition) is 9. The Morgan fingerprint density at radius 1 is 1.16 bits per heavy atom. The van der Waals surface area contributed by atoms with Crippen molar-refractivity contribution in [2.45, 2.75) is 59.6 Å². The van der Waals surface area contributed by atoms with Crippen LogP contribution in [0.2, 0.25) is 0 Å². The summed E-state index contributed by atoms with van der Waals surface area (Å²) in [4.78, 5) is 22.6. The van der Waals surface area contributed by atoms with Gasteiger partial charge in [0.2, 0.25) is 11.7 Å². The van der Waals surface area contributed by atoms with Gasteiger partial charge in [-0.3, -0.25) is 4.79 Å². The average molecular weight is 512 g/mol. The number of nitrogens with one attached hydrogen (secondary N) is 1. The fourth-order valence-corrected chi connectivity index (χ4v) is 3.84. The minimum atomic E-state index is -0.910. The first-order valence-corrected chi connectivity index (χ1v) is 12.5. The third-order valence-electron chi connectivity index (χ3n) is 5.98. The van der Waals surface area contributed by atoms with E-state index in [1.165, 1.54) is 0 Å². The fraction of sp³-hybridized carbons (Fsp3) is 0.481. The van der Waals surface area contributed by atoms with Crippen LogP contribution >= 0.6 is 0 Å². The van der Waals surface area contributed by atoms with Crippen molar-refractivity contribution in [1.29, 1.82) is 0 Å². The van der Waals surface area contributed by atoms with Gasteiger partial charge in [-0.2, -0.15) is 4.98 Å². The molecule has 3 N–H and O–H groups in total. The first-order chi connectivity index (χ1) is 17.6. The van der Waals surface area contributed by atoms with Crippen molar-refractivity contribution in [2.24, 2.45) is 0 Å². The summed E-state index contributed by atoms with van der Waals surface area (Å²) in [6.45, 7) is 9.53. The topological polar surface area (TPSA) is 134 Å². The molecule has 200 valence electrons. The predicted octanol–water partition coefficient (Wildman–Crippen LogP) is 3.06. The van der Waals surface area contributed by atoms with Crippen LogP contribution < -0.4 is 15.0 Å². The zero-order valence-corrected chi connectivity index (χ0v) is 22.4. The molecule has 0 saturated carbocycles. The molecule has 0 unspecified atom stereocenters. The average Bonchev–Trinajstić information content (AvgIpc) is 3.36. The number of aliphatic hydroxyl groups excluding tert-OH is 2. The van der Waals surface area contributed by atoms with Crippen molar-refractivity contribution in [2.75, 3.05) is 31.7 Å². The molecule has 3 rings (SSSR count). The van der Waals surface area contributed by atoms with Crippen LogP contribution in [0, 0.1) is 13.8 Å². The van der Waals surface area contributed by atoms with Gasteiger partial charge in [0.25, 0.3) is 5.89 Å². The quantitative estimate of drug-likeness (QED) is 0.335. The highest BCUT2D eigenvalue weighted by molar-refractivity contribution is 5.76. The number of carbonyl (C=O) groups is 1. The van der Waals surface area contributed by atoms with Gasteiger partial charge in [-0.25, -0.2) is 4.98 Å². The maximum Gasteiger partial charge on any atom is 0.258 e. The molecule has 2 aromatic heterocycles. The van der Waals surface area contributed by atoms with Crippen molar-refractivity contribution < 1.29 is 24.3 Å². The number of carbonyl (C=O) groups excluding carboxylic acids is 1. The van der Waals surface area contributed by atoms with Gasteiger partial charge in [0.1, 0.15) is 30.9 Å². The van der Waals surface area contributed by atoms with E-state index in [4.69, 9.17) is 14.4 Å². The number of anilines is 1. The molecule has 0 fully saturated rings. The minimum absolute atomic E-state index is 0.00349. The van der Waals surface area contributed by atoms with E-state index >= 15 is 0 Å². The van der Waals surface area contributed by atoms with Crippen LogP contribution in [0.3, 0.4) is 0 Å². The first-order valence-electron chi connectivity index (χ1n) is 12.5. The van der Waals surface area contributed by atoms with Crippen molar-refractivity contribution in [3.8, 4) is 28.6 Å². The molecule has 10 heteroatoms. The lowest BCUT2D eigenvalue weighted by atomic mass is 10.0. The van der Waals surface area contributed by atoms with Crippen LogP contribution in [0.4, 0.5) is 5.82 Å². The Hall–Kier alpha value is -3.50. The smallest absolute Gasteiger partial charge is 0.258 e. The molecule has 2 heterocycles. The molecule has 0 bridgehead atoms. The minimum Gasteiger partial charge on any atom is -0.490 e. The summed E-state index contributed by atoms with van der Waals surface area (Å²) in [6, 6.07) is 8.08. The van der Waals surface area contributed by atoms with Crippen LogP contribution in [-0.4, -0.2) is 70.2 Å². The van der Waals surface area contributed by atoms with E-state index in [-0.39, 0.29) is 13.2 Å². The molecular formula is C27H37N5O5. The maximum atomic E-state index is 11.2. The monoisotopic (exact) mass is 511 g/mol. The zero-order chi connectivity index (χ0) is 27.1. The summed E-state index contributed by atoms with van der Waals surface area (Å²) in [5, 5.41) is 25.6. The Bertz CT molecular complexity index is 1210. The summed E-state index contributed by atoms with van der Waals surface area (Å²) >= 11 is 0. The first kappa shape index (κ1) is 28.1. The Labute approximate surface area is 217 Å². The Morgan fingerprint density at radius 3 is 2.59 bits per heavy atom. The van der Waals surface area contributed by atoms with E-state index in [9.17, 15) is 9.90 Å². The lowest BCUT2D eigenvalue weighted by Crippen LogP contribution is -2.36. The molecule has 1 amide bonds. The fourth-order valence-electron chi connectivity index (χ4n) is 3.84. The number of hydrogen-bond donors (Lipinski definition) is 3. The van der Waals surface area contributed by atoms with E-state index in [0.717, 1.165) is 46.6 Å².